The van der Waals surface area contributed by atoms with Gasteiger partial charge in [-0.3, -0.25) is 4.72 Å². The number of anilines is 1. The molecule has 134 valence electrons. The highest BCUT2D eigenvalue weighted by atomic mass is 32.2. The summed E-state index contributed by atoms with van der Waals surface area (Å²) in [6, 6.07) is 4.85. The van der Waals surface area contributed by atoms with Gasteiger partial charge < -0.3 is 4.74 Å². The Hall–Kier alpha value is -2.34. The number of fused-ring (bicyclic) bond motifs is 1. The van der Waals surface area contributed by atoms with Crippen LogP contribution in [-0.4, -0.2) is 29.4 Å². The van der Waals surface area contributed by atoms with Gasteiger partial charge in [0.2, 0.25) is 9.99 Å². The largest absolute Gasteiger partial charge is 0.573 e. The summed E-state index contributed by atoms with van der Waals surface area (Å²) in [5, 5.41) is 4.42. The maximum Gasteiger partial charge on any atom is 0.573 e. The molecule has 3 rings (SSSR count). The van der Waals surface area contributed by atoms with E-state index in [9.17, 15) is 21.6 Å². The van der Waals surface area contributed by atoms with E-state index in [-0.39, 0.29) is 16.4 Å². The van der Waals surface area contributed by atoms with E-state index in [1.807, 2.05) is 0 Å². The standard InChI is InChI=1S/C13H11F3N4O3S2/c1-7-11(20-12(17-7)24-8(2)18-20)25(21,22)19-9-5-3-4-6-10(9)23-13(14,15)16/h3-6,19H,1-2H3. The number of alkyl halides is 3. The van der Waals surface area contributed by atoms with Crippen LogP contribution in [0.15, 0.2) is 29.3 Å². The van der Waals surface area contributed by atoms with Gasteiger partial charge in [0.25, 0.3) is 10.0 Å². The molecule has 0 aliphatic rings. The molecule has 0 aliphatic carbocycles. The molecule has 12 heteroatoms. The number of hydrogen-bond donors (Lipinski definition) is 1. The van der Waals surface area contributed by atoms with E-state index in [1.54, 1.807) is 6.92 Å². The van der Waals surface area contributed by atoms with Gasteiger partial charge in [-0.15, -0.1) is 13.2 Å². The van der Waals surface area contributed by atoms with Gasteiger partial charge in [0.05, 0.1) is 11.4 Å². The third kappa shape index (κ3) is 3.54. The fourth-order valence-electron chi connectivity index (χ4n) is 2.19. The van der Waals surface area contributed by atoms with Crippen LogP contribution < -0.4 is 9.46 Å². The van der Waals surface area contributed by atoms with Gasteiger partial charge in [0.1, 0.15) is 5.01 Å². The Morgan fingerprint density at radius 3 is 2.60 bits per heavy atom. The molecule has 0 amide bonds. The molecule has 0 bridgehead atoms. The number of aromatic nitrogens is 3. The molecule has 0 spiro atoms. The van der Waals surface area contributed by atoms with Crippen molar-refractivity contribution in [3.63, 3.8) is 0 Å². The number of halogens is 3. The molecule has 2 heterocycles. The van der Waals surface area contributed by atoms with Crippen molar-refractivity contribution >= 4 is 32.0 Å². The van der Waals surface area contributed by atoms with Gasteiger partial charge >= 0.3 is 6.36 Å². The molecule has 3 aromatic rings. The Labute approximate surface area is 144 Å². The van der Waals surface area contributed by atoms with E-state index in [1.165, 1.54) is 36.5 Å². The predicted molar refractivity (Wildman–Crippen MR) is 84.3 cm³/mol. The van der Waals surface area contributed by atoms with Gasteiger partial charge in [-0.1, -0.05) is 23.5 Å². The predicted octanol–water partition coefficient (Wildman–Crippen LogP) is 3.11. The number of rotatable bonds is 4. The molecule has 7 nitrogen and oxygen atoms in total. The third-order valence-electron chi connectivity index (χ3n) is 3.04. The van der Waals surface area contributed by atoms with E-state index in [0.717, 1.165) is 10.6 Å². The van der Waals surface area contributed by atoms with Crippen molar-refractivity contribution in [3.05, 3.63) is 35.0 Å². The van der Waals surface area contributed by atoms with Crippen LogP contribution in [0, 0.1) is 13.8 Å². The first-order chi connectivity index (χ1) is 11.6. The minimum atomic E-state index is -4.95. The van der Waals surface area contributed by atoms with Crippen LogP contribution in [0.4, 0.5) is 18.9 Å². The first-order valence-corrected chi connectivity index (χ1v) is 9.07. The number of sulfonamides is 1. The van der Waals surface area contributed by atoms with Gasteiger partial charge in [0.15, 0.2) is 5.75 Å². The molecule has 0 radical (unpaired) electrons. The smallest absolute Gasteiger partial charge is 0.404 e. The van der Waals surface area contributed by atoms with Crippen molar-refractivity contribution < 1.29 is 26.3 Å². The fraction of sp³-hybridized carbons (Fsp3) is 0.231. The summed E-state index contributed by atoms with van der Waals surface area (Å²) >= 11 is 1.20. The van der Waals surface area contributed by atoms with Crippen molar-refractivity contribution in [1.82, 2.24) is 14.6 Å². The monoisotopic (exact) mass is 392 g/mol. The summed E-state index contributed by atoms with van der Waals surface area (Å²) < 4.78 is 69.9. The second-order valence-corrected chi connectivity index (χ2v) is 7.73. The van der Waals surface area contributed by atoms with Crippen LogP contribution in [0.5, 0.6) is 5.75 Å². The summed E-state index contributed by atoms with van der Waals surface area (Å²) in [5.74, 6) is -0.661. The van der Waals surface area contributed by atoms with E-state index in [4.69, 9.17) is 0 Å². The first kappa shape index (κ1) is 17.5. The molecule has 0 atom stereocenters. The van der Waals surface area contributed by atoms with Gasteiger partial charge in [-0.2, -0.15) is 18.0 Å². The van der Waals surface area contributed by atoms with Crippen molar-refractivity contribution in [2.24, 2.45) is 0 Å². The van der Waals surface area contributed by atoms with Gasteiger partial charge in [-0.25, -0.2) is 4.98 Å². The van der Waals surface area contributed by atoms with E-state index < -0.39 is 22.1 Å². The maximum absolute atomic E-state index is 12.7. The number of nitrogens with zero attached hydrogens (tertiary/aromatic N) is 3. The zero-order valence-electron chi connectivity index (χ0n) is 12.8. The average Bonchev–Trinajstić information content (AvgIpc) is 2.93. The number of nitrogens with one attached hydrogen (secondary N) is 1. The number of hydrogen-bond acceptors (Lipinski definition) is 6. The summed E-state index contributed by atoms with van der Waals surface area (Å²) in [7, 11) is -4.24. The second kappa shape index (κ2) is 5.88. The molecule has 0 aliphatic heterocycles. The summed E-state index contributed by atoms with van der Waals surface area (Å²) in [6.07, 6.45) is -4.95. The van der Waals surface area contributed by atoms with Crippen LogP contribution in [0.1, 0.15) is 10.7 Å². The number of aryl methyl sites for hydroxylation is 2. The highest BCUT2D eigenvalue weighted by Gasteiger charge is 2.33. The zero-order chi connectivity index (χ0) is 18.4. The molecule has 0 saturated heterocycles. The van der Waals surface area contributed by atoms with Gasteiger partial charge in [-0.05, 0) is 26.0 Å². The average molecular weight is 392 g/mol. The zero-order valence-corrected chi connectivity index (χ0v) is 14.5. The third-order valence-corrected chi connectivity index (χ3v) is 5.33. The Kier molecular flexibility index (Phi) is 4.11. The Morgan fingerprint density at radius 2 is 1.92 bits per heavy atom. The summed E-state index contributed by atoms with van der Waals surface area (Å²) in [4.78, 5) is 4.48. The van der Waals surface area contributed by atoms with E-state index in [2.05, 4.69) is 19.5 Å². The lowest BCUT2D eigenvalue weighted by Gasteiger charge is -2.14. The lowest BCUT2D eigenvalue weighted by atomic mass is 10.3. The van der Waals surface area contributed by atoms with Crippen molar-refractivity contribution in [1.29, 1.82) is 0 Å². The number of para-hydroxylation sites is 2. The van der Waals surface area contributed by atoms with Gasteiger partial charge in [0, 0.05) is 0 Å². The Balaban J connectivity index is 2.04. The quantitative estimate of drug-likeness (QED) is 0.737. The Bertz CT molecular complexity index is 1040. The number of ether oxygens (including phenoxy) is 1. The highest BCUT2D eigenvalue weighted by molar-refractivity contribution is 7.92. The molecule has 0 saturated carbocycles. The molecule has 1 N–H and O–H groups in total. The highest BCUT2D eigenvalue weighted by Crippen LogP contribution is 2.32. The Morgan fingerprint density at radius 1 is 1.24 bits per heavy atom. The second-order valence-electron chi connectivity index (χ2n) is 4.97. The summed E-state index contributed by atoms with van der Waals surface area (Å²) in [6.45, 7) is 3.16. The normalized spacial score (nSPS) is 12.5. The lowest BCUT2D eigenvalue weighted by Crippen LogP contribution is -2.21. The minimum absolute atomic E-state index is 0.181. The first-order valence-electron chi connectivity index (χ1n) is 6.77. The van der Waals surface area contributed by atoms with Crippen LogP contribution in [0.25, 0.3) is 4.96 Å². The molecule has 25 heavy (non-hydrogen) atoms. The summed E-state index contributed by atoms with van der Waals surface area (Å²) in [5.41, 5.74) is -0.165. The van der Waals surface area contributed by atoms with Crippen molar-refractivity contribution in [3.8, 4) is 5.75 Å². The fourth-order valence-corrected chi connectivity index (χ4v) is 4.38. The SMILES string of the molecule is Cc1nn2c(S(=O)(=O)Nc3ccccc3OC(F)(F)F)c(C)nc2s1. The van der Waals surface area contributed by atoms with E-state index in [0.29, 0.717) is 9.97 Å². The molecule has 0 unspecified atom stereocenters. The minimum Gasteiger partial charge on any atom is -0.404 e. The molecule has 2 aromatic heterocycles. The van der Waals surface area contributed by atoms with Crippen molar-refractivity contribution in [2.75, 3.05) is 4.72 Å². The van der Waals surface area contributed by atoms with E-state index >= 15 is 0 Å². The molecule has 0 fully saturated rings. The molecular formula is C13H11F3N4O3S2. The van der Waals surface area contributed by atoms with Crippen LogP contribution in [-0.2, 0) is 10.0 Å². The van der Waals surface area contributed by atoms with Crippen LogP contribution in [0.3, 0.4) is 0 Å². The maximum atomic E-state index is 12.7. The lowest BCUT2D eigenvalue weighted by molar-refractivity contribution is -0.274. The molecular weight excluding hydrogens is 381 g/mol. The van der Waals surface area contributed by atoms with Crippen molar-refractivity contribution in [2.45, 2.75) is 25.2 Å². The molecule has 1 aromatic carbocycles. The topological polar surface area (TPSA) is 85.6 Å². The number of imidazole rings is 1. The van der Waals surface area contributed by atoms with Crippen LogP contribution >= 0.6 is 11.3 Å². The van der Waals surface area contributed by atoms with Crippen LogP contribution in [0.2, 0.25) is 0 Å². The number of benzene rings is 1.